The number of halogens is 4. The fourth-order valence-electron chi connectivity index (χ4n) is 4.23. The van der Waals surface area contributed by atoms with Gasteiger partial charge in [-0.1, -0.05) is 36.8 Å². The molecule has 0 aliphatic carbocycles. The number of amides is 2. The van der Waals surface area contributed by atoms with Gasteiger partial charge in [0.25, 0.3) is 15.5 Å². The van der Waals surface area contributed by atoms with E-state index in [0.29, 0.717) is 17.9 Å². The van der Waals surface area contributed by atoms with E-state index < -0.39 is 38.2 Å². The number of nitrogens with zero attached hydrogens (tertiary/aromatic N) is 6. The van der Waals surface area contributed by atoms with Crippen molar-refractivity contribution in [3.05, 3.63) is 22.2 Å². The summed E-state index contributed by atoms with van der Waals surface area (Å²) in [5, 5.41) is 10.9. The van der Waals surface area contributed by atoms with E-state index in [1.807, 2.05) is 0 Å². The molecular weight excluding hydrogens is 641 g/mol. The monoisotopic (exact) mass is 668 g/mol. The maximum Gasteiger partial charge on any atom is 0.410 e. The molecule has 1 unspecified atom stereocenters. The highest BCUT2D eigenvalue weighted by molar-refractivity contribution is 8.13. The Balaban J connectivity index is 1.73. The number of fused-ring (bicyclic) bond motifs is 1. The zero-order chi connectivity index (χ0) is 31.1. The van der Waals surface area contributed by atoms with E-state index in [2.05, 4.69) is 15.3 Å². The summed E-state index contributed by atoms with van der Waals surface area (Å²) in [6.45, 7) is 9.22. The fraction of sp³-hybridized carbons (Fsp3) is 0.542. The Labute approximate surface area is 253 Å². The number of ether oxygens (including phenoxy) is 2. The van der Waals surface area contributed by atoms with Gasteiger partial charge in [0.05, 0.1) is 26.9 Å². The smallest absolute Gasteiger partial charge is 0.410 e. The van der Waals surface area contributed by atoms with Gasteiger partial charge in [-0.3, -0.25) is 9.69 Å². The first-order valence-electron chi connectivity index (χ1n) is 12.7. The second kappa shape index (κ2) is 12.1. The average molecular weight is 670 g/mol. The Morgan fingerprint density at radius 1 is 1.19 bits per heavy atom. The molecule has 1 aliphatic heterocycles. The van der Waals surface area contributed by atoms with Crippen LogP contribution in [0.1, 0.15) is 46.1 Å². The minimum Gasteiger partial charge on any atom is -0.474 e. The summed E-state index contributed by atoms with van der Waals surface area (Å²) < 4.78 is 63.3. The molecule has 1 saturated heterocycles. The highest BCUT2D eigenvalue weighted by Gasteiger charge is 2.36. The Morgan fingerprint density at radius 3 is 2.45 bits per heavy atom. The van der Waals surface area contributed by atoms with Gasteiger partial charge < -0.3 is 14.4 Å². The number of carbonyl (C=O) groups is 2. The molecule has 1 atom stereocenters. The van der Waals surface area contributed by atoms with Gasteiger partial charge in [0.2, 0.25) is 16.9 Å². The molecule has 12 nitrogen and oxygen atoms in total. The number of hydrogen-bond donors (Lipinski definition) is 0. The Bertz CT molecular complexity index is 1610. The van der Waals surface area contributed by atoms with Crippen molar-refractivity contribution in [2.45, 2.75) is 57.6 Å². The molecule has 230 valence electrons. The van der Waals surface area contributed by atoms with Crippen LogP contribution in [0.5, 0.6) is 5.88 Å². The molecule has 0 spiro atoms. The van der Waals surface area contributed by atoms with Crippen molar-refractivity contribution in [1.29, 1.82) is 0 Å². The van der Waals surface area contributed by atoms with E-state index in [1.54, 1.807) is 39.5 Å². The van der Waals surface area contributed by atoms with E-state index in [1.165, 1.54) is 4.90 Å². The molecule has 1 fully saturated rings. The molecule has 0 N–H and O–H groups in total. The zero-order valence-corrected chi connectivity index (χ0v) is 26.3. The lowest BCUT2D eigenvalue weighted by Crippen LogP contribution is -2.59. The van der Waals surface area contributed by atoms with Gasteiger partial charge >= 0.3 is 6.09 Å². The number of benzene rings is 1. The third-order valence-corrected chi connectivity index (χ3v) is 8.62. The normalized spacial score (nSPS) is 16.5. The van der Waals surface area contributed by atoms with Gasteiger partial charge in [-0.25, -0.2) is 26.7 Å². The Morgan fingerprint density at radius 2 is 1.88 bits per heavy atom. The summed E-state index contributed by atoms with van der Waals surface area (Å²) in [5.41, 5.74) is -0.715. The van der Waals surface area contributed by atoms with E-state index in [9.17, 15) is 26.8 Å². The predicted molar refractivity (Wildman–Crippen MR) is 151 cm³/mol. The van der Waals surface area contributed by atoms with Gasteiger partial charge in [-0.05, 0) is 32.9 Å². The highest BCUT2D eigenvalue weighted by atomic mass is 35.7. The molecule has 2 aromatic heterocycles. The summed E-state index contributed by atoms with van der Waals surface area (Å²) in [4.78, 5) is 28.5. The van der Waals surface area contributed by atoms with Crippen LogP contribution in [0, 0.1) is 5.92 Å². The van der Waals surface area contributed by atoms with Gasteiger partial charge in [0, 0.05) is 36.2 Å². The topological polar surface area (TPSA) is 137 Å². The number of alkyl halides is 2. The summed E-state index contributed by atoms with van der Waals surface area (Å²) >= 11 is 6.99. The van der Waals surface area contributed by atoms with E-state index in [4.69, 9.17) is 31.8 Å². The molecule has 1 aromatic carbocycles. The lowest BCUT2D eigenvalue weighted by atomic mass is 10.1. The fourth-order valence-corrected chi connectivity index (χ4v) is 6.03. The molecule has 3 heterocycles. The summed E-state index contributed by atoms with van der Waals surface area (Å²) in [6.07, 6.45) is -3.48. The first-order chi connectivity index (χ1) is 19.5. The van der Waals surface area contributed by atoms with Crippen molar-refractivity contribution >= 4 is 65.6 Å². The first kappa shape index (κ1) is 32.1. The van der Waals surface area contributed by atoms with Crippen LogP contribution in [0.15, 0.2) is 17.0 Å². The van der Waals surface area contributed by atoms with Crippen molar-refractivity contribution in [2.24, 2.45) is 5.92 Å². The zero-order valence-electron chi connectivity index (χ0n) is 23.2. The number of piperazine rings is 1. The molecule has 0 bridgehead atoms. The van der Waals surface area contributed by atoms with Crippen LogP contribution in [0.25, 0.3) is 16.0 Å². The van der Waals surface area contributed by atoms with E-state index in [-0.39, 0.29) is 63.4 Å². The minimum atomic E-state index is -4.24. The van der Waals surface area contributed by atoms with Gasteiger partial charge in [0.15, 0.2) is 5.01 Å². The number of aromatic nitrogens is 4. The van der Waals surface area contributed by atoms with E-state index >= 15 is 0 Å². The van der Waals surface area contributed by atoms with Crippen LogP contribution in [0.2, 0.25) is 5.02 Å². The molecule has 2 amide bonds. The molecule has 42 heavy (non-hydrogen) atoms. The largest absolute Gasteiger partial charge is 0.474 e. The van der Waals surface area contributed by atoms with Crippen LogP contribution >= 0.6 is 33.6 Å². The predicted octanol–water partition coefficient (Wildman–Crippen LogP) is 4.88. The summed E-state index contributed by atoms with van der Waals surface area (Å²) in [7, 11) is 1.30. The van der Waals surface area contributed by atoms with Crippen LogP contribution in [-0.4, -0.2) is 88.1 Å². The summed E-state index contributed by atoms with van der Waals surface area (Å²) in [5.74, 6) is -0.461. The van der Waals surface area contributed by atoms with Gasteiger partial charge in [-0.15, -0.1) is 15.3 Å². The van der Waals surface area contributed by atoms with Crippen molar-refractivity contribution in [3.8, 4) is 11.0 Å². The molecule has 0 saturated carbocycles. The lowest BCUT2D eigenvalue weighted by molar-refractivity contribution is -0.137. The Kier molecular flexibility index (Phi) is 9.21. The van der Waals surface area contributed by atoms with Crippen LogP contribution in [0.3, 0.4) is 0 Å². The maximum atomic E-state index is 13.2. The third kappa shape index (κ3) is 7.03. The Hall–Kier alpha value is -2.82. The maximum absolute atomic E-state index is 13.2. The van der Waals surface area contributed by atoms with Crippen molar-refractivity contribution in [3.63, 3.8) is 0 Å². The summed E-state index contributed by atoms with van der Waals surface area (Å²) in [6, 6.07) is 1.60. The molecule has 3 aromatic rings. The van der Waals surface area contributed by atoms with Crippen molar-refractivity contribution in [1.82, 2.24) is 29.8 Å². The SMILES string of the molecule is CC(C)C(=O)N1CCN(C(=O)OC(C)(C)C)C(COc2nn(-c3nnc(C(F)F)s3)c3cc(S(=O)(=O)Cl)cc(Cl)c23)C1. The number of rotatable bonds is 7. The lowest BCUT2D eigenvalue weighted by Gasteiger charge is -2.41. The van der Waals surface area contributed by atoms with Crippen LogP contribution < -0.4 is 4.74 Å². The first-order valence-corrected chi connectivity index (χ1v) is 16.2. The van der Waals surface area contributed by atoms with Crippen molar-refractivity contribution < 1.29 is 36.3 Å². The molecule has 4 rings (SSSR count). The number of hydrogen-bond acceptors (Lipinski definition) is 10. The standard InChI is InChI=1S/C24H28Cl2F2N6O6S2/c1-12(2)21(35)32-6-7-33(23(36)40-24(3,4)5)13(10-32)11-39-19-17-15(25)8-14(42(26,37)38)9-16(17)34(31-19)22-30-29-20(41-22)18(27)28/h8-9,12-13,18H,6-7,10-11H2,1-5H3. The quantitative estimate of drug-likeness (QED) is 0.323. The second-order valence-corrected chi connectivity index (χ2v) is 14.7. The van der Waals surface area contributed by atoms with Gasteiger partial charge in [0.1, 0.15) is 12.2 Å². The molecule has 0 radical (unpaired) electrons. The van der Waals surface area contributed by atoms with Gasteiger partial charge in [-0.2, -0.15) is 0 Å². The van der Waals surface area contributed by atoms with E-state index in [0.717, 1.165) is 16.8 Å². The second-order valence-electron chi connectivity index (χ2n) is 10.8. The average Bonchev–Trinajstić information content (AvgIpc) is 3.50. The molecular formula is C24H28Cl2F2N6O6S2. The molecule has 18 heteroatoms. The molecule has 1 aliphatic rings. The highest BCUT2D eigenvalue weighted by Crippen LogP contribution is 2.38. The number of carbonyl (C=O) groups excluding carboxylic acids is 2. The van der Waals surface area contributed by atoms with Crippen molar-refractivity contribution in [2.75, 3.05) is 26.2 Å². The van der Waals surface area contributed by atoms with Crippen LogP contribution in [0.4, 0.5) is 13.6 Å². The van der Waals surface area contributed by atoms with Crippen LogP contribution in [-0.2, 0) is 18.6 Å². The third-order valence-electron chi connectivity index (χ3n) is 6.08. The minimum absolute atomic E-state index is 0.0537.